The number of fused-ring (bicyclic) bond motifs is 1. The number of β-lactam (4-membered cyclic amide) rings is 1. The highest BCUT2D eigenvalue weighted by Gasteiger charge is 2.68. The quantitative estimate of drug-likeness (QED) is 0.128. The number of benzene rings is 4. The Balaban J connectivity index is 1.42. The monoisotopic (exact) mass is 611 g/mol. The van der Waals surface area contributed by atoms with E-state index in [1.165, 1.54) is 16.7 Å². The first kappa shape index (κ1) is 28.5. The minimum atomic E-state index is -1.87. The van der Waals surface area contributed by atoms with Gasteiger partial charge in [-0.05, 0) is 35.4 Å². The molecule has 216 valence electrons. The number of para-hydroxylation sites is 2. The standard InChI is InChI=1S/C33H26ClN3O5S/c34-28-27(29(39)42-25-19-11-4-12-20-25)37-30(40)33(35,36-26(38)21-41-24-17-9-3-10-18-24)31(37)43-32(28,22-13-5-1-6-14-22)23-15-7-2-8-16-23/h1-20,31H,21,35H2,(H,36,38)/t31-,33?/m0/s1. The van der Waals surface area contributed by atoms with Crippen molar-refractivity contribution >= 4 is 41.1 Å². The van der Waals surface area contributed by atoms with Crippen LogP contribution >= 0.6 is 23.4 Å². The number of amides is 2. The van der Waals surface area contributed by atoms with Gasteiger partial charge in [-0.15, -0.1) is 11.8 Å². The van der Waals surface area contributed by atoms with Crippen molar-refractivity contribution < 1.29 is 23.9 Å². The predicted molar refractivity (Wildman–Crippen MR) is 164 cm³/mol. The Morgan fingerprint density at radius 2 is 1.30 bits per heavy atom. The zero-order valence-corrected chi connectivity index (χ0v) is 24.3. The smallest absolute Gasteiger partial charge is 0.361 e. The van der Waals surface area contributed by atoms with Crippen molar-refractivity contribution in [1.82, 2.24) is 10.2 Å². The minimum absolute atomic E-state index is 0.0845. The Kier molecular flexibility index (Phi) is 7.70. The zero-order chi connectivity index (χ0) is 30.0. The number of hydrogen-bond donors (Lipinski definition) is 2. The summed E-state index contributed by atoms with van der Waals surface area (Å²) in [6.07, 6.45) is 0. The second-order valence-electron chi connectivity index (χ2n) is 9.94. The van der Waals surface area contributed by atoms with E-state index in [-0.39, 0.29) is 23.1 Å². The fourth-order valence-corrected chi connectivity index (χ4v) is 7.44. The van der Waals surface area contributed by atoms with E-state index in [4.69, 9.17) is 26.8 Å². The van der Waals surface area contributed by atoms with Crippen LogP contribution in [0.5, 0.6) is 11.5 Å². The molecule has 2 aliphatic rings. The summed E-state index contributed by atoms with van der Waals surface area (Å²) in [5.41, 5.74) is 6.17. The van der Waals surface area contributed by atoms with Crippen molar-refractivity contribution in [1.29, 1.82) is 0 Å². The molecule has 0 radical (unpaired) electrons. The average Bonchev–Trinajstić information content (AvgIpc) is 3.05. The second kappa shape index (κ2) is 11.6. The first-order valence-electron chi connectivity index (χ1n) is 13.4. The lowest BCUT2D eigenvalue weighted by molar-refractivity contribution is -0.158. The molecular weight excluding hydrogens is 586 g/mol. The highest BCUT2D eigenvalue weighted by Crippen LogP contribution is 2.61. The van der Waals surface area contributed by atoms with Crippen LogP contribution in [0.1, 0.15) is 11.1 Å². The summed E-state index contributed by atoms with van der Waals surface area (Å²) in [5.74, 6) is -1.36. The lowest BCUT2D eigenvalue weighted by atomic mass is 9.87. The normalized spacial score (nSPS) is 20.5. The van der Waals surface area contributed by atoms with Gasteiger partial charge in [-0.2, -0.15) is 0 Å². The summed E-state index contributed by atoms with van der Waals surface area (Å²) in [7, 11) is 0. The van der Waals surface area contributed by atoms with Crippen LogP contribution in [-0.2, 0) is 19.1 Å². The maximum atomic E-state index is 13.8. The van der Waals surface area contributed by atoms with Crippen molar-refractivity contribution in [3.63, 3.8) is 0 Å². The van der Waals surface area contributed by atoms with Crippen molar-refractivity contribution in [3.05, 3.63) is 143 Å². The highest BCUT2D eigenvalue weighted by molar-refractivity contribution is 8.01. The third-order valence-electron chi connectivity index (χ3n) is 7.21. The van der Waals surface area contributed by atoms with Crippen LogP contribution in [0, 0.1) is 0 Å². The molecule has 2 amide bonds. The van der Waals surface area contributed by atoms with Gasteiger partial charge in [-0.25, -0.2) is 4.79 Å². The van der Waals surface area contributed by atoms with Crippen LogP contribution in [0.15, 0.2) is 132 Å². The minimum Gasteiger partial charge on any atom is -0.484 e. The van der Waals surface area contributed by atoms with Gasteiger partial charge in [0, 0.05) is 0 Å². The molecule has 3 N–H and O–H groups in total. The van der Waals surface area contributed by atoms with Gasteiger partial charge in [0.1, 0.15) is 27.3 Å². The number of esters is 1. The molecule has 10 heteroatoms. The summed E-state index contributed by atoms with van der Waals surface area (Å²) in [6.45, 7) is -0.365. The Bertz CT molecular complexity index is 1650. The average molecular weight is 612 g/mol. The molecule has 43 heavy (non-hydrogen) atoms. The summed E-state index contributed by atoms with van der Waals surface area (Å²) in [5, 5.41) is 1.82. The van der Waals surface area contributed by atoms with Crippen LogP contribution < -0.4 is 20.5 Å². The van der Waals surface area contributed by atoms with Gasteiger partial charge in [0.25, 0.3) is 11.8 Å². The van der Waals surface area contributed by atoms with E-state index in [1.54, 1.807) is 54.6 Å². The predicted octanol–water partition coefficient (Wildman–Crippen LogP) is 4.75. The molecule has 2 heterocycles. The van der Waals surface area contributed by atoms with E-state index in [1.807, 2.05) is 66.7 Å². The molecule has 0 aromatic heterocycles. The van der Waals surface area contributed by atoms with Gasteiger partial charge in [-0.3, -0.25) is 20.2 Å². The Hall–Kier alpha value is -4.57. The van der Waals surface area contributed by atoms with E-state index in [2.05, 4.69) is 5.32 Å². The van der Waals surface area contributed by atoms with Gasteiger partial charge in [0.2, 0.25) is 5.66 Å². The maximum absolute atomic E-state index is 13.8. The van der Waals surface area contributed by atoms with Gasteiger partial charge < -0.3 is 14.8 Å². The number of hydrogen-bond acceptors (Lipinski definition) is 7. The lowest BCUT2D eigenvalue weighted by Gasteiger charge is -2.58. The van der Waals surface area contributed by atoms with E-state index < -0.39 is 33.6 Å². The Morgan fingerprint density at radius 1 is 0.814 bits per heavy atom. The molecule has 1 fully saturated rings. The van der Waals surface area contributed by atoms with E-state index in [9.17, 15) is 14.4 Å². The van der Waals surface area contributed by atoms with Crippen LogP contribution in [0.25, 0.3) is 0 Å². The number of halogens is 1. The number of carbonyl (C=O) groups is 3. The highest BCUT2D eigenvalue weighted by atomic mass is 35.5. The SMILES string of the molecule is NC1(NC(=O)COc2ccccc2)C(=O)N2C(C(=O)Oc3ccccc3)=C(Cl)C(c3ccccc3)(c3ccccc3)S[C@H]21. The third-order valence-corrected chi connectivity index (χ3v) is 9.62. The molecule has 2 atom stereocenters. The molecule has 0 saturated carbocycles. The van der Waals surface area contributed by atoms with Crippen molar-refractivity contribution in [2.45, 2.75) is 15.8 Å². The summed E-state index contributed by atoms with van der Waals surface area (Å²) >= 11 is 8.49. The topological polar surface area (TPSA) is 111 Å². The fourth-order valence-electron chi connectivity index (χ4n) is 5.19. The molecule has 1 unspecified atom stereocenters. The first-order valence-corrected chi connectivity index (χ1v) is 14.7. The van der Waals surface area contributed by atoms with Crippen LogP contribution in [0.2, 0.25) is 0 Å². The number of carbonyl (C=O) groups excluding carboxylic acids is 3. The largest absolute Gasteiger partial charge is 0.484 e. The molecule has 4 aromatic rings. The summed E-state index contributed by atoms with van der Waals surface area (Å²) in [4.78, 5) is 41.8. The summed E-state index contributed by atoms with van der Waals surface area (Å²) < 4.78 is 10.1. The molecule has 0 spiro atoms. The maximum Gasteiger partial charge on any atom is 0.361 e. The van der Waals surface area contributed by atoms with Crippen LogP contribution in [-0.4, -0.2) is 40.3 Å². The first-order chi connectivity index (χ1) is 20.8. The molecular formula is C33H26ClN3O5S. The Morgan fingerprint density at radius 3 is 1.84 bits per heavy atom. The van der Waals surface area contributed by atoms with Crippen molar-refractivity contribution in [3.8, 4) is 11.5 Å². The summed E-state index contributed by atoms with van der Waals surface area (Å²) in [6, 6.07) is 36.1. The molecule has 1 saturated heterocycles. The van der Waals surface area contributed by atoms with E-state index >= 15 is 0 Å². The van der Waals surface area contributed by atoms with E-state index in [0.29, 0.717) is 5.75 Å². The number of nitrogens with zero attached hydrogens (tertiary/aromatic N) is 1. The molecule has 8 nitrogen and oxygen atoms in total. The number of rotatable bonds is 8. The fraction of sp³-hybridized carbons (Fsp3) is 0.121. The second-order valence-corrected chi connectivity index (χ2v) is 11.6. The molecule has 0 bridgehead atoms. The number of nitrogens with one attached hydrogen (secondary N) is 1. The Labute approximate surface area is 257 Å². The van der Waals surface area contributed by atoms with Crippen molar-refractivity contribution in [2.75, 3.05) is 6.61 Å². The molecule has 6 rings (SSSR count). The number of ether oxygens (including phenoxy) is 2. The van der Waals surface area contributed by atoms with Gasteiger partial charge in [-0.1, -0.05) is 109 Å². The van der Waals surface area contributed by atoms with Gasteiger partial charge in [0.05, 0.1) is 5.03 Å². The van der Waals surface area contributed by atoms with Crippen molar-refractivity contribution in [2.24, 2.45) is 5.73 Å². The molecule has 4 aromatic carbocycles. The van der Waals surface area contributed by atoms with Gasteiger partial charge in [0.15, 0.2) is 6.61 Å². The number of nitrogens with two attached hydrogens (primary N) is 1. The lowest BCUT2D eigenvalue weighted by Crippen LogP contribution is -2.85. The third kappa shape index (κ3) is 5.05. The number of thioether (sulfide) groups is 1. The van der Waals surface area contributed by atoms with Crippen LogP contribution in [0.3, 0.4) is 0 Å². The molecule has 0 aliphatic carbocycles. The molecule has 2 aliphatic heterocycles. The van der Waals surface area contributed by atoms with E-state index in [0.717, 1.165) is 11.1 Å². The van der Waals surface area contributed by atoms with Crippen LogP contribution in [0.4, 0.5) is 0 Å². The zero-order valence-electron chi connectivity index (χ0n) is 22.7. The van der Waals surface area contributed by atoms with Gasteiger partial charge >= 0.3 is 5.97 Å².